The number of allylic oxidation sites excluding steroid dienone is 1. The van der Waals surface area contributed by atoms with E-state index in [0.29, 0.717) is 0 Å². The first kappa shape index (κ1) is 15.0. The van der Waals surface area contributed by atoms with Gasteiger partial charge in [0.15, 0.2) is 0 Å². The number of hydrogen-bond donors (Lipinski definition) is 2. The zero-order valence-electron chi connectivity index (χ0n) is 11.0. The molecule has 0 bridgehead atoms. The Morgan fingerprint density at radius 1 is 1.14 bits per heavy atom. The number of aromatic hydroxyl groups is 1. The Morgan fingerprint density at radius 2 is 1.86 bits per heavy atom. The van der Waals surface area contributed by atoms with E-state index in [2.05, 4.69) is 26.5 Å². The molecule has 0 aromatic heterocycles. The topological polar surface area (TPSA) is 61.7 Å². The van der Waals surface area contributed by atoms with Crippen LogP contribution in [0.15, 0.2) is 64.2 Å². The SMILES string of the molecule is O=C(N/N=C/C=C/c1ccc(Br)cc1)c1ccccc1O. The maximum atomic E-state index is 11.7. The molecule has 0 fully saturated rings. The summed E-state index contributed by atoms with van der Waals surface area (Å²) in [5.74, 6) is -0.531. The number of hydrogen-bond acceptors (Lipinski definition) is 3. The van der Waals surface area contributed by atoms with Crippen molar-refractivity contribution in [3.63, 3.8) is 0 Å². The number of rotatable bonds is 4. The van der Waals surface area contributed by atoms with Gasteiger partial charge in [-0.25, -0.2) is 5.43 Å². The van der Waals surface area contributed by atoms with Gasteiger partial charge >= 0.3 is 0 Å². The Labute approximate surface area is 130 Å². The van der Waals surface area contributed by atoms with Gasteiger partial charge in [0.05, 0.1) is 5.56 Å². The average Bonchev–Trinajstić information content (AvgIpc) is 2.49. The Bertz CT molecular complexity index is 679. The molecule has 0 spiro atoms. The first-order valence-corrected chi connectivity index (χ1v) is 7.00. The monoisotopic (exact) mass is 344 g/mol. The van der Waals surface area contributed by atoms with Crippen LogP contribution in [-0.4, -0.2) is 17.2 Å². The summed E-state index contributed by atoms with van der Waals surface area (Å²) in [6, 6.07) is 14.1. The van der Waals surface area contributed by atoms with Crippen LogP contribution in [0.25, 0.3) is 6.08 Å². The van der Waals surface area contributed by atoms with Gasteiger partial charge in [0.2, 0.25) is 0 Å². The van der Waals surface area contributed by atoms with Crippen molar-refractivity contribution in [3.05, 3.63) is 70.2 Å². The molecule has 0 saturated heterocycles. The molecule has 0 aliphatic carbocycles. The molecule has 1 amide bonds. The molecule has 2 aromatic rings. The second kappa shape index (κ2) is 7.40. The second-order valence-corrected chi connectivity index (χ2v) is 5.06. The van der Waals surface area contributed by atoms with Crippen LogP contribution in [0.4, 0.5) is 0 Å². The molecule has 0 atom stereocenters. The van der Waals surface area contributed by atoms with Crippen molar-refractivity contribution in [1.29, 1.82) is 0 Å². The molecule has 0 aliphatic rings. The maximum absolute atomic E-state index is 11.7. The highest BCUT2D eigenvalue weighted by Crippen LogP contribution is 2.14. The lowest BCUT2D eigenvalue weighted by atomic mass is 10.2. The molecule has 2 aromatic carbocycles. The predicted molar refractivity (Wildman–Crippen MR) is 87.2 cm³/mol. The zero-order chi connectivity index (χ0) is 15.1. The average molecular weight is 345 g/mol. The summed E-state index contributed by atoms with van der Waals surface area (Å²) < 4.78 is 1.02. The van der Waals surface area contributed by atoms with Gasteiger partial charge in [-0.1, -0.05) is 46.3 Å². The maximum Gasteiger partial charge on any atom is 0.275 e. The van der Waals surface area contributed by atoms with E-state index >= 15 is 0 Å². The third-order valence-corrected chi connectivity index (χ3v) is 3.16. The Hall–Kier alpha value is -2.40. The van der Waals surface area contributed by atoms with Gasteiger partial charge in [-0.05, 0) is 35.9 Å². The van der Waals surface area contributed by atoms with Crippen LogP contribution in [0.3, 0.4) is 0 Å². The first-order valence-electron chi connectivity index (χ1n) is 6.20. The number of para-hydroxylation sites is 1. The van der Waals surface area contributed by atoms with Crippen LogP contribution in [-0.2, 0) is 0 Å². The Morgan fingerprint density at radius 3 is 2.57 bits per heavy atom. The van der Waals surface area contributed by atoms with Gasteiger partial charge in [-0.3, -0.25) is 4.79 Å². The predicted octanol–water partition coefficient (Wildman–Crippen LogP) is 3.58. The number of amides is 1. The molecule has 2 N–H and O–H groups in total. The summed E-state index contributed by atoms with van der Waals surface area (Å²) in [4.78, 5) is 11.7. The number of benzene rings is 2. The number of phenolic OH excluding ortho intramolecular Hbond substituents is 1. The van der Waals surface area contributed by atoms with E-state index in [-0.39, 0.29) is 11.3 Å². The first-order chi connectivity index (χ1) is 10.2. The summed E-state index contributed by atoms with van der Waals surface area (Å²) in [7, 11) is 0. The highest BCUT2D eigenvalue weighted by Gasteiger charge is 2.07. The second-order valence-electron chi connectivity index (χ2n) is 4.15. The fourth-order valence-corrected chi connectivity index (χ4v) is 1.86. The van der Waals surface area contributed by atoms with Gasteiger partial charge in [-0.15, -0.1) is 0 Å². The number of nitrogens with zero attached hydrogens (tertiary/aromatic N) is 1. The standard InChI is InChI=1S/C16H13BrN2O2/c17-13-9-7-12(8-10-13)4-3-11-18-19-16(21)14-5-1-2-6-15(14)20/h1-11,20H,(H,19,21)/b4-3+,18-11+. The van der Waals surface area contributed by atoms with Crippen molar-refractivity contribution in [2.24, 2.45) is 5.10 Å². The van der Waals surface area contributed by atoms with Crippen molar-refractivity contribution in [2.45, 2.75) is 0 Å². The molecule has 0 unspecified atom stereocenters. The van der Waals surface area contributed by atoms with Crippen LogP contribution in [0.1, 0.15) is 15.9 Å². The van der Waals surface area contributed by atoms with Crippen molar-refractivity contribution < 1.29 is 9.90 Å². The van der Waals surface area contributed by atoms with E-state index in [1.807, 2.05) is 30.3 Å². The highest BCUT2D eigenvalue weighted by atomic mass is 79.9. The van der Waals surface area contributed by atoms with Crippen LogP contribution in [0.2, 0.25) is 0 Å². The summed E-state index contributed by atoms with van der Waals surface area (Å²) >= 11 is 3.36. The number of nitrogens with one attached hydrogen (secondary N) is 1. The van der Waals surface area contributed by atoms with Crippen molar-refractivity contribution in [2.75, 3.05) is 0 Å². The molecule has 5 heteroatoms. The fourth-order valence-electron chi connectivity index (χ4n) is 1.59. The van der Waals surface area contributed by atoms with Gasteiger partial charge < -0.3 is 5.11 Å². The van der Waals surface area contributed by atoms with E-state index < -0.39 is 5.91 Å². The third kappa shape index (κ3) is 4.57. The zero-order valence-corrected chi connectivity index (χ0v) is 12.6. The van der Waals surface area contributed by atoms with Gasteiger partial charge in [-0.2, -0.15) is 5.10 Å². The van der Waals surface area contributed by atoms with E-state index in [1.165, 1.54) is 18.3 Å². The largest absolute Gasteiger partial charge is 0.507 e. The molecule has 2 rings (SSSR count). The summed E-state index contributed by atoms with van der Waals surface area (Å²) in [5.41, 5.74) is 3.56. The highest BCUT2D eigenvalue weighted by molar-refractivity contribution is 9.10. The number of hydrazone groups is 1. The minimum atomic E-state index is -0.457. The molecule has 0 heterocycles. The lowest BCUT2D eigenvalue weighted by Gasteiger charge is -2.01. The Balaban J connectivity index is 1.89. The van der Waals surface area contributed by atoms with E-state index in [1.54, 1.807) is 18.2 Å². The molecule has 0 aliphatic heterocycles. The van der Waals surface area contributed by atoms with Crippen LogP contribution in [0, 0.1) is 0 Å². The molecular formula is C16H13BrN2O2. The molecular weight excluding hydrogens is 332 g/mol. The molecule has 21 heavy (non-hydrogen) atoms. The number of carbonyl (C=O) groups excluding carboxylic acids is 1. The minimum absolute atomic E-state index is 0.0735. The van der Waals surface area contributed by atoms with E-state index in [9.17, 15) is 9.90 Å². The Kier molecular flexibility index (Phi) is 5.29. The number of phenols is 1. The van der Waals surface area contributed by atoms with Gasteiger partial charge in [0, 0.05) is 10.7 Å². The van der Waals surface area contributed by atoms with Crippen LogP contribution >= 0.6 is 15.9 Å². The summed E-state index contributed by atoms with van der Waals surface area (Å²) in [5, 5.41) is 13.3. The van der Waals surface area contributed by atoms with E-state index in [0.717, 1.165) is 10.0 Å². The number of carbonyl (C=O) groups is 1. The van der Waals surface area contributed by atoms with Crippen molar-refractivity contribution >= 4 is 34.1 Å². The third-order valence-electron chi connectivity index (χ3n) is 2.63. The molecule has 106 valence electrons. The van der Waals surface area contributed by atoms with Gasteiger partial charge in [0.25, 0.3) is 5.91 Å². The normalized spacial score (nSPS) is 11.1. The summed E-state index contributed by atoms with van der Waals surface area (Å²) in [6.45, 7) is 0. The molecule has 0 saturated carbocycles. The van der Waals surface area contributed by atoms with Crippen molar-refractivity contribution in [1.82, 2.24) is 5.43 Å². The lowest BCUT2D eigenvalue weighted by Crippen LogP contribution is -2.17. The van der Waals surface area contributed by atoms with Gasteiger partial charge in [0.1, 0.15) is 5.75 Å². The lowest BCUT2D eigenvalue weighted by molar-refractivity contribution is 0.0952. The van der Waals surface area contributed by atoms with Crippen molar-refractivity contribution in [3.8, 4) is 5.75 Å². The van der Waals surface area contributed by atoms with E-state index in [4.69, 9.17) is 0 Å². The molecule has 4 nitrogen and oxygen atoms in total. The molecule has 0 radical (unpaired) electrons. The number of halogens is 1. The van der Waals surface area contributed by atoms with Crippen LogP contribution < -0.4 is 5.43 Å². The smallest absolute Gasteiger partial charge is 0.275 e. The quantitative estimate of drug-likeness (QED) is 0.657. The fraction of sp³-hybridized carbons (Fsp3) is 0. The summed E-state index contributed by atoms with van der Waals surface area (Å²) in [6.07, 6.45) is 5.05. The minimum Gasteiger partial charge on any atom is -0.507 e. The van der Waals surface area contributed by atoms with Crippen LogP contribution in [0.5, 0.6) is 5.75 Å².